The third-order valence-corrected chi connectivity index (χ3v) is 3.60. The van der Waals surface area contributed by atoms with E-state index in [9.17, 15) is 9.59 Å². The number of carbonyl (C=O) groups excluding carboxylic acids is 2. The Bertz CT molecular complexity index is 702. The first-order valence-corrected chi connectivity index (χ1v) is 7.61. The summed E-state index contributed by atoms with van der Waals surface area (Å²) in [5.41, 5.74) is 6.57. The van der Waals surface area contributed by atoms with E-state index < -0.39 is 12.1 Å². The zero-order chi connectivity index (χ0) is 17.5. The molecule has 24 heavy (non-hydrogen) atoms. The lowest BCUT2D eigenvalue weighted by Gasteiger charge is -2.18. The van der Waals surface area contributed by atoms with Crippen molar-refractivity contribution in [2.75, 3.05) is 12.4 Å². The van der Waals surface area contributed by atoms with Gasteiger partial charge in [-0.1, -0.05) is 23.7 Å². The van der Waals surface area contributed by atoms with Gasteiger partial charge in [-0.05, 0) is 42.0 Å². The van der Waals surface area contributed by atoms with Gasteiger partial charge in [-0.15, -0.1) is 0 Å². The number of nitrogens with one attached hydrogen (secondary N) is 2. The quantitative estimate of drug-likeness (QED) is 0.749. The molecule has 0 aliphatic rings. The highest BCUT2D eigenvalue weighted by Gasteiger charge is 2.17. The van der Waals surface area contributed by atoms with Gasteiger partial charge in [0, 0.05) is 10.7 Å². The maximum absolute atomic E-state index is 12.2. The Labute approximate surface area is 144 Å². The minimum absolute atomic E-state index is 0.0383. The van der Waals surface area contributed by atoms with Crippen LogP contribution in [0.25, 0.3) is 0 Å². The van der Waals surface area contributed by atoms with Crippen LogP contribution < -0.4 is 21.1 Å². The van der Waals surface area contributed by atoms with Crippen molar-refractivity contribution in [3.05, 3.63) is 59.1 Å². The van der Waals surface area contributed by atoms with E-state index in [1.54, 1.807) is 55.6 Å². The number of anilines is 1. The van der Waals surface area contributed by atoms with Crippen LogP contribution in [0.3, 0.4) is 0 Å². The smallest absolute Gasteiger partial charge is 0.312 e. The fraction of sp³-hybridized carbons (Fsp3) is 0.176. The molecule has 0 saturated heterocycles. The van der Waals surface area contributed by atoms with Crippen molar-refractivity contribution >= 4 is 29.2 Å². The van der Waals surface area contributed by atoms with Gasteiger partial charge < -0.3 is 21.1 Å². The Morgan fingerprint density at radius 1 is 1.12 bits per heavy atom. The van der Waals surface area contributed by atoms with Crippen LogP contribution in [0.15, 0.2) is 48.5 Å². The largest absolute Gasteiger partial charge is 0.497 e. The Morgan fingerprint density at radius 2 is 1.75 bits per heavy atom. The van der Waals surface area contributed by atoms with Crippen molar-refractivity contribution in [3.8, 4) is 5.75 Å². The predicted molar refractivity (Wildman–Crippen MR) is 93.2 cm³/mol. The molecule has 7 heteroatoms. The molecule has 4 N–H and O–H groups in total. The number of rotatable bonds is 6. The Balaban J connectivity index is 2.05. The van der Waals surface area contributed by atoms with Gasteiger partial charge in [-0.3, -0.25) is 4.79 Å². The van der Waals surface area contributed by atoms with Crippen LogP contribution in [0.5, 0.6) is 5.75 Å². The number of primary amides is 1. The lowest BCUT2D eigenvalue weighted by atomic mass is 10.0. The van der Waals surface area contributed by atoms with Crippen LogP contribution in [0, 0.1) is 0 Å². The number of urea groups is 1. The van der Waals surface area contributed by atoms with Crippen molar-refractivity contribution in [2.45, 2.75) is 12.5 Å². The first-order valence-electron chi connectivity index (χ1n) is 7.23. The molecule has 0 aromatic heterocycles. The number of amides is 3. The molecule has 6 nitrogen and oxygen atoms in total. The number of carbonyl (C=O) groups is 2. The second-order valence-corrected chi connectivity index (χ2v) is 5.53. The lowest BCUT2D eigenvalue weighted by molar-refractivity contribution is -0.116. The Kier molecular flexibility index (Phi) is 6.03. The number of methoxy groups -OCH3 is 1. The summed E-state index contributed by atoms with van der Waals surface area (Å²) in [6, 6.07) is 12.6. The third-order valence-electron chi connectivity index (χ3n) is 3.35. The first-order chi connectivity index (χ1) is 11.5. The van der Waals surface area contributed by atoms with Gasteiger partial charge in [0.2, 0.25) is 5.91 Å². The van der Waals surface area contributed by atoms with E-state index in [1.165, 1.54) is 0 Å². The summed E-state index contributed by atoms with van der Waals surface area (Å²) in [5.74, 6) is 0.441. The van der Waals surface area contributed by atoms with Crippen molar-refractivity contribution in [3.63, 3.8) is 0 Å². The molecule has 1 atom stereocenters. The Morgan fingerprint density at radius 3 is 2.29 bits per heavy atom. The van der Waals surface area contributed by atoms with Crippen LogP contribution in [0.4, 0.5) is 10.5 Å². The number of hydrogen-bond donors (Lipinski definition) is 3. The minimum atomic E-state index is -0.702. The zero-order valence-corrected chi connectivity index (χ0v) is 13.8. The highest BCUT2D eigenvalue weighted by atomic mass is 35.5. The average Bonchev–Trinajstić information content (AvgIpc) is 2.55. The molecule has 0 fully saturated rings. The molecule has 2 aromatic carbocycles. The SMILES string of the molecule is COc1ccc(NC(=O)C[C@H](NC(N)=O)c2ccc(Cl)cc2)cc1. The zero-order valence-electron chi connectivity index (χ0n) is 13.1. The molecule has 0 radical (unpaired) electrons. The van der Waals surface area contributed by atoms with Crippen LogP contribution in [-0.2, 0) is 4.79 Å². The van der Waals surface area contributed by atoms with Gasteiger partial charge in [0.1, 0.15) is 5.75 Å². The van der Waals surface area contributed by atoms with Crippen molar-refractivity contribution in [1.82, 2.24) is 5.32 Å². The average molecular weight is 348 g/mol. The molecule has 0 aliphatic heterocycles. The summed E-state index contributed by atoms with van der Waals surface area (Å²) >= 11 is 5.86. The predicted octanol–water partition coefficient (Wildman–Crippen LogP) is 3.09. The normalized spacial score (nSPS) is 11.4. The number of nitrogens with two attached hydrogens (primary N) is 1. The van der Waals surface area contributed by atoms with Gasteiger partial charge in [0.05, 0.1) is 19.6 Å². The molecule has 3 amide bonds. The van der Waals surface area contributed by atoms with E-state index in [2.05, 4.69) is 10.6 Å². The van der Waals surface area contributed by atoms with Gasteiger partial charge in [0.15, 0.2) is 0 Å². The summed E-state index contributed by atoms with van der Waals surface area (Å²) in [4.78, 5) is 23.4. The highest BCUT2D eigenvalue weighted by Crippen LogP contribution is 2.21. The molecule has 0 heterocycles. The molecule has 2 aromatic rings. The molecule has 0 bridgehead atoms. The van der Waals surface area contributed by atoms with Gasteiger partial charge in [-0.2, -0.15) is 0 Å². The molecule has 0 unspecified atom stereocenters. The van der Waals surface area contributed by atoms with E-state index in [4.69, 9.17) is 22.1 Å². The monoisotopic (exact) mass is 347 g/mol. The number of hydrogen-bond acceptors (Lipinski definition) is 3. The van der Waals surface area contributed by atoms with Crippen LogP contribution in [0.1, 0.15) is 18.0 Å². The summed E-state index contributed by atoms with van der Waals surface area (Å²) in [7, 11) is 1.57. The fourth-order valence-corrected chi connectivity index (χ4v) is 2.32. The summed E-state index contributed by atoms with van der Waals surface area (Å²) in [5, 5.41) is 5.90. The molecule has 2 rings (SSSR count). The molecule has 0 aliphatic carbocycles. The van der Waals surface area contributed by atoms with Gasteiger partial charge in [-0.25, -0.2) is 4.79 Å². The minimum Gasteiger partial charge on any atom is -0.497 e. The molecular formula is C17H18ClN3O3. The topological polar surface area (TPSA) is 93.4 Å². The maximum atomic E-state index is 12.2. The number of benzene rings is 2. The fourth-order valence-electron chi connectivity index (χ4n) is 2.19. The van der Waals surface area contributed by atoms with E-state index in [-0.39, 0.29) is 12.3 Å². The molecular weight excluding hydrogens is 330 g/mol. The Hall–Kier alpha value is -2.73. The van der Waals surface area contributed by atoms with E-state index in [0.717, 1.165) is 5.56 Å². The van der Waals surface area contributed by atoms with Crippen LogP contribution in [0.2, 0.25) is 5.02 Å². The summed E-state index contributed by atoms with van der Waals surface area (Å²) < 4.78 is 5.07. The number of halogens is 1. The molecule has 126 valence electrons. The maximum Gasteiger partial charge on any atom is 0.312 e. The summed E-state index contributed by atoms with van der Waals surface area (Å²) in [6.07, 6.45) is 0.0383. The second kappa shape index (κ2) is 8.21. The van der Waals surface area contributed by atoms with Crippen molar-refractivity contribution in [1.29, 1.82) is 0 Å². The van der Waals surface area contributed by atoms with Crippen LogP contribution in [-0.4, -0.2) is 19.0 Å². The van der Waals surface area contributed by atoms with E-state index in [1.807, 2.05) is 0 Å². The number of ether oxygens (including phenoxy) is 1. The standard InChI is InChI=1S/C17H18ClN3O3/c1-24-14-8-6-13(7-9-14)20-16(22)10-15(21-17(19)23)11-2-4-12(18)5-3-11/h2-9,15H,10H2,1H3,(H,20,22)(H3,19,21,23)/t15-/m0/s1. The molecule has 0 spiro atoms. The lowest BCUT2D eigenvalue weighted by Crippen LogP contribution is -2.35. The highest BCUT2D eigenvalue weighted by molar-refractivity contribution is 6.30. The van der Waals surface area contributed by atoms with Gasteiger partial charge in [0.25, 0.3) is 0 Å². The van der Waals surface area contributed by atoms with Gasteiger partial charge >= 0.3 is 6.03 Å². The van der Waals surface area contributed by atoms with E-state index >= 15 is 0 Å². The second-order valence-electron chi connectivity index (χ2n) is 5.09. The van der Waals surface area contributed by atoms with Crippen molar-refractivity contribution < 1.29 is 14.3 Å². The third kappa shape index (κ3) is 5.17. The van der Waals surface area contributed by atoms with Crippen molar-refractivity contribution in [2.24, 2.45) is 5.73 Å². The van der Waals surface area contributed by atoms with Crippen LogP contribution >= 0.6 is 11.6 Å². The van der Waals surface area contributed by atoms with E-state index in [0.29, 0.717) is 16.5 Å². The first kappa shape index (κ1) is 17.6. The summed E-state index contributed by atoms with van der Waals surface area (Å²) in [6.45, 7) is 0. The molecule has 0 saturated carbocycles.